The molecule has 0 saturated heterocycles. The normalized spacial score (nSPS) is 14.4. The van der Waals surface area contributed by atoms with Crippen molar-refractivity contribution in [1.82, 2.24) is 15.1 Å². The second-order valence-corrected chi connectivity index (χ2v) is 4.46. The highest BCUT2D eigenvalue weighted by Crippen LogP contribution is 2.05. The van der Waals surface area contributed by atoms with Crippen LogP contribution in [0.15, 0.2) is 6.07 Å². The Morgan fingerprint density at radius 2 is 2.24 bits per heavy atom. The van der Waals surface area contributed by atoms with Gasteiger partial charge in [0.15, 0.2) is 0 Å². The minimum absolute atomic E-state index is 0.0533. The van der Waals surface area contributed by atoms with E-state index in [4.69, 9.17) is 0 Å². The van der Waals surface area contributed by atoms with E-state index in [0.717, 1.165) is 12.1 Å². The second-order valence-electron chi connectivity index (χ2n) is 4.46. The topological polar surface area (TPSA) is 67.2 Å². The third-order valence-corrected chi connectivity index (χ3v) is 2.60. The van der Waals surface area contributed by atoms with Crippen LogP contribution in [-0.4, -0.2) is 32.9 Å². The number of carbonyl (C=O) groups is 1. The highest BCUT2D eigenvalue weighted by atomic mass is 16.3. The summed E-state index contributed by atoms with van der Waals surface area (Å²) in [5, 5.41) is 16.3. The summed E-state index contributed by atoms with van der Waals surface area (Å²) < 4.78 is 1.59. The van der Waals surface area contributed by atoms with Gasteiger partial charge in [0.05, 0.1) is 11.8 Å². The molecule has 1 rings (SSSR count). The number of aliphatic hydroxyl groups excluding tert-OH is 1. The van der Waals surface area contributed by atoms with E-state index in [1.165, 1.54) is 0 Å². The van der Waals surface area contributed by atoms with Crippen molar-refractivity contribution >= 4 is 5.91 Å². The Morgan fingerprint density at radius 1 is 1.59 bits per heavy atom. The number of nitrogens with one attached hydrogen (secondary N) is 1. The van der Waals surface area contributed by atoms with Gasteiger partial charge in [-0.05, 0) is 32.8 Å². The number of aliphatic hydroxyl groups is 1. The van der Waals surface area contributed by atoms with Gasteiger partial charge in [-0.3, -0.25) is 9.48 Å². The number of hydrogen-bond donors (Lipinski definition) is 2. The Hall–Kier alpha value is -1.36. The molecule has 1 aromatic heterocycles. The van der Waals surface area contributed by atoms with Gasteiger partial charge in [-0.25, -0.2) is 0 Å². The third kappa shape index (κ3) is 3.85. The molecule has 0 radical (unpaired) electrons. The highest BCUT2D eigenvalue weighted by Gasteiger charge is 2.15. The minimum Gasteiger partial charge on any atom is -0.393 e. The fourth-order valence-electron chi connectivity index (χ4n) is 1.78. The zero-order valence-electron chi connectivity index (χ0n) is 10.9. The zero-order chi connectivity index (χ0) is 13.0. The third-order valence-electron chi connectivity index (χ3n) is 2.60. The molecule has 1 aromatic rings. The molecular formula is C12H21N3O2. The fraction of sp³-hybridized carbons (Fsp3) is 0.667. The van der Waals surface area contributed by atoms with Gasteiger partial charge in [0, 0.05) is 13.1 Å². The van der Waals surface area contributed by atoms with Crippen molar-refractivity contribution in [2.75, 3.05) is 0 Å². The van der Waals surface area contributed by atoms with E-state index < -0.39 is 6.10 Å². The SMILES string of the molecule is CCc1cc(C(=O)NC(C)CC(C)O)n(C)n1. The lowest BCUT2D eigenvalue weighted by atomic mass is 10.1. The summed E-state index contributed by atoms with van der Waals surface area (Å²) in [6.45, 7) is 5.59. The van der Waals surface area contributed by atoms with Gasteiger partial charge in [0.2, 0.25) is 0 Å². The first-order chi connectivity index (χ1) is 7.93. The van der Waals surface area contributed by atoms with Crippen LogP contribution in [0.3, 0.4) is 0 Å². The molecule has 0 aliphatic rings. The average molecular weight is 239 g/mol. The Kier molecular flexibility index (Phi) is 4.69. The van der Waals surface area contributed by atoms with Crippen LogP contribution in [0.1, 0.15) is 43.4 Å². The maximum atomic E-state index is 11.9. The average Bonchev–Trinajstić information content (AvgIpc) is 2.58. The predicted molar refractivity (Wildman–Crippen MR) is 65.8 cm³/mol. The molecule has 1 amide bonds. The van der Waals surface area contributed by atoms with Gasteiger partial charge in [0.1, 0.15) is 5.69 Å². The summed E-state index contributed by atoms with van der Waals surface area (Å²) in [4.78, 5) is 11.9. The molecule has 0 aliphatic heterocycles. The van der Waals surface area contributed by atoms with E-state index in [9.17, 15) is 9.90 Å². The summed E-state index contributed by atoms with van der Waals surface area (Å²) >= 11 is 0. The Balaban J connectivity index is 2.66. The fourth-order valence-corrected chi connectivity index (χ4v) is 1.78. The van der Waals surface area contributed by atoms with Crippen molar-refractivity contribution in [2.45, 2.75) is 45.8 Å². The van der Waals surface area contributed by atoms with Crippen LogP contribution in [0.2, 0.25) is 0 Å². The number of nitrogens with zero attached hydrogens (tertiary/aromatic N) is 2. The lowest BCUT2D eigenvalue weighted by molar-refractivity contribution is 0.0913. The van der Waals surface area contributed by atoms with Gasteiger partial charge in [-0.1, -0.05) is 6.92 Å². The molecule has 0 saturated carbocycles. The molecule has 0 aromatic carbocycles. The number of hydrogen-bond acceptors (Lipinski definition) is 3. The largest absolute Gasteiger partial charge is 0.393 e. The zero-order valence-corrected chi connectivity index (χ0v) is 10.9. The van der Waals surface area contributed by atoms with Gasteiger partial charge < -0.3 is 10.4 Å². The minimum atomic E-state index is -0.414. The van der Waals surface area contributed by atoms with E-state index in [-0.39, 0.29) is 11.9 Å². The van der Waals surface area contributed by atoms with E-state index in [1.54, 1.807) is 24.7 Å². The lowest BCUT2D eigenvalue weighted by Gasteiger charge is -2.15. The maximum Gasteiger partial charge on any atom is 0.269 e. The smallest absolute Gasteiger partial charge is 0.269 e. The van der Waals surface area contributed by atoms with E-state index in [0.29, 0.717) is 12.1 Å². The van der Waals surface area contributed by atoms with Crippen molar-refractivity contribution in [3.05, 3.63) is 17.5 Å². The first kappa shape index (κ1) is 13.7. The van der Waals surface area contributed by atoms with Crippen LogP contribution in [0.25, 0.3) is 0 Å². The summed E-state index contributed by atoms with van der Waals surface area (Å²) in [5.74, 6) is -0.146. The van der Waals surface area contributed by atoms with Crippen LogP contribution >= 0.6 is 0 Å². The van der Waals surface area contributed by atoms with Crippen molar-refractivity contribution in [3.8, 4) is 0 Å². The first-order valence-electron chi connectivity index (χ1n) is 5.95. The maximum absolute atomic E-state index is 11.9. The number of aromatic nitrogens is 2. The van der Waals surface area contributed by atoms with E-state index in [2.05, 4.69) is 10.4 Å². The van der Waals surface area contributed by atoms with E-state index >= 15 is 0 Å². The standard InChI is InChI=1S/C12H21N3O2/c1-5-10-7-11(15(4)14-10)12(17)13-8(2)6-9(3)16/h7-9,16H,5-6H2,1-4H3,(H,13,17). The molecule has 17 heavy (non-hydrogen) atoms. The highest BCUT2D eigenvalue weighted by molar-refractivity contribution is 5.92. The van der Waals surface area contributed by atoms with Gasteiger partial charge in [0.25, 0.3) is 5.91 Å². The van der Waals surface area contributed by atoms with Crippen LogP contribution in [0, 0.1) is 0 Å². The van der Waals surface area contributed by atoms with Crippen molar-refractivity contribution in [1.29, 1.82) is 0 Å². The Bertz CT molecular complexity index is 385. The molecule has 2 atom stereocenters. The van der Waals surface area contributed by atoms with Gasteiger partial charge in [-0.15, -0.1) is 0 Å². The van der Waals surface area contributed by atoms with Crippen LogP contribution in [-0.2, 0) is 13.5 Å². The first-order valence-corrected chi connectivity index (χ1v) is 5.95. The van der Waals surface area contributed by atoms with Gasteiger partial charge in [-0.2, -0.15) is 5.10 Å². The summed E-state index contributed by atoms with van der Waals surface area (Å²) in [6.07, 6.45) is 0.942. The number of rotatable bonds is 5. The number of aryl methyl sites for hydroxylation is 2. The molecular weight excluding hydrogens is 218 g/mol. The second kappa shape index (κ2) is 5.82. The van der Waals surface area contributed by atoms with Crippen molar-refractivity contribution in [3.63, 3.8) is 0 Å². The Labute approximate surface area is 102 Å². The van der Waals surface area contributed by atoms with E-state index in [1.807, 2.05) is 13.8 Å². The molecule has 0 spiro atoms. The van der Waals surface area contributed by atoms with Crippen LogP contribution in [0.5, 0.6) is 0 Å². The molecule has 5 nitrogen and oxygen atoms in total. The number of carbonyl (C=O) groups excluding carboxylic acids is 1. The van der Waals surface area contributed by atoms with Gasteiger partial charge >= 0.3 is 0 Å². The molecule has 96 valence electrons. The summed E-state index contributed by atoms with van der Waals surface area (Å²) in [5.41, 5.74) is 1.46. The summed E-state index contributed by atoms with van der Waals surface area (Å²) in [6, 6.07) is 1.74. The molecule has 2 unspecified atom stereocenters. The van der Waals surface area contributed by atoms with Crippen molar-refractivity contribution < 1.29 is 9.90 Å². The molecule has 0 aliphatic carbocycles. The Morgan fingerprint density at radius 3 is 2.71 bits per heavy atom. The van der Waals surface area contributed by atoms with Crippen molar-refractivity contribution in [2.24, 2.45) is 7.05 Å². The molecule has 1 heterocycles. The molecule has 5 heteroatoms. The number of amides is 1. The monoisotopic (exact) mass is 239 g/mol. The van der Waals surface area contributed by atoms with Crippen LogP contribution < -0.4 is 5.32 Å². The predicted octanol–water partition coefficient (Wildman–Crippen LogP) is 0.872. The van der Waals surface area contributed by atoms with Crippen LogP contribution in [0.4, 0.5) is 0 Å². The lowest BCUT2D eigenvalue weighted by Crippen LogP contribution is -2.35. The quantitative estimate of drug-likeness (QED) is 0.801. The summed E-state index contributed by atoms with van der Waals surface area (Å²) in [7, 11) is 1.76. The molecule has 2 N–H and O–H groups in total. The molecule has 0 bridgehead atoms. The molecule has 0 fully saturated rings.